The zero-order valence-electron chi connectivity index (χ0n) is 10.7. The Morgan fingerprint density at radius 2 is 1.94 bits per heavy atom. The third-order valence-electron chi connectivity index (χ3n) is 4.14. The van der Waals surface area contributed by atoms with Gasteiger partial charge in [0.2, 0.25) is 0 Å². The van der Waals surface area contributed by atoms with Gasteiger partial charge in [-0.2, -0.15) is 0 Å². The highest BCUT2D eigenvalue weighted by molar-refractivity contribution is 6.15. The number of benzene rings is 1. The SMILES string of the molecule is CCl.N=C(c1ccccc1N)N1CCC12CCC2. The molecule has 0 amide bonds. The average Bonchev–Trinajstić information content (AvgIpc) is 2.29. The summed E-state index contributed by atoms with van der Waals surface area (Å²) in [5.74, 6) is 0.615. The van der Waals surface area contributed by atoms with Gasteiger partial charge in [-0.05, 0) is 37.8 Å². The summed E-state index contributed by atoms with van der Waals surface area (Å²) in [4.78, 5) is 2.24. The predicted molar refractivity (Wildman–Crippen MR) is 77.4 cm³/mol. The molecule has 1 saturated heterocycles. The van der Waals surface area contributed by atoms with Crippen molar-refractivity contribution in [3.8, 4) is 0 Å². The van der Waals surface area contributed by atoms with Crippen molar-refractivity contribution in [2.75, 3.05) is 18.7 Å². The van der Waals surface area contributed by atoms with Crippen LogP contribution in [0.3, 0.4) is 0 Å². The lowest BCUT2D eigenvalue weighted by molar-refractivity contribution is -0.0157. The highest BCUT2D eigenvalue weighted by Gasteiger charge is 2.50. The summed E-state index contributed by atoms with van der Waals surface area (Å²) < 4.78 is 0. The minimum absolute atomic E-state index is 0.333. The topological polar surface area (TPSA) is 53.1 Å². The standard InChI is InChI=1S/C13H17N3.CH3Cl/c14-11-5-2-1-4-10(11)12(15)16-9-8-13(16)6-3-7-13;1-2/h1-2,4-5,15H,3,6-9,14H2;1H3. The fourth-order valence-electron chi connectivity index (χ4n) is 2.85. The number of nitrogens with one attached hydrogen (secondary N) is 1. The summed E-state index contributed by atoms with van der Waals surface area (Å²) in [6.07, 6.45) is 6.54. The molecule has 1 spiro atoms. The van der Waals surface area contributed by atoms with Crippen LogP contribution in [0, 0.1) is 5.41 Å². The maximum Gasteiger partial charge on any atom is 0.130 e. The Morgan fingerprint density at radius 3 is 2.39 bits per heavy atom. The van der Waals surface area contributed by atoms with Crippen molar-refractivity contribution in [2.24, 2.45) is 0 Å². The first-order chi connectivity index (χ1) is 8.73. The summed E-state index contributed by atoms with van der Waals surface area (Å²) >= 11 is 4.64. The van der Waals surface area contributed by atoms with Gasteiger partial charge in [-0.25, -0.2) is 0 Å². The van der Waals surface area contributed by atoms with Crippen molar-refractivity contribution in [3.63, 3.8) is 0 Å². The van der Waals surface area contributed by atoms with Gasteiger partial charge in [-0.1, -0.05) is 12.1 Å². The highest BCUT2D eigenvalue weighted by Crippen LogP contribution is 2.47. The number of alkyl halides is 1. The monoisotopic (exact) mass is 265 g/mol. The zero-order chi connectivity index (χ0) is 13.2. The van der Waals surface area contributed by atoms with Crippen LogP contribution in [0.5, 0.6) is 0 Å². The van der Waals surface area contributed by atoms with Gasteiger partial charge in [0.15, 0.2) is 0 Å². The van der Waals surface area contributed by atoms with E-state index in [4.69, 9.17) is 11.1 Å². The zero-order valence-corrected chi connectivity index (χ0v) is 11.5. The minimum Gasteiger partial charge on any atom is -0.398 e. The quantitative estimate of drug-likeness (QED) is 0.355. The molecule has 0 aromatic heterocycles. The van der Waals surface area contributed by atoms with E-state index in [9.17, 15) is 0 Å². The molecule has 0 bridgehead atoms. The number of halogens is 1. The fourth-order valence-corrected chi connectivity index (χ4v) is 2.85. The van der Waals surface area contributed by atoms with E-state index < -0.39 is 0 Å². The second-order valence-electron chi connectivity index (χ2n) is 4.92. The number of nitrogens with zero attached hydrogens (tertiary/aromatic N) is 1. The van der Waals surface area contributed by atoms with Crippen LogP contribution < -0.4 is 5.73 Å². The predicted octanol–water partition coefficient (Wildman–Crippen LogP) is 3.08. The van der Waals surface area contributed by atoms with Crippen molar-refractivity contribution in [1.29, 1.82) is 5.41 Å². The second-order valence-corrected chi connectivity index (χ2v) is 4.92. The molecular formula is C14H20ClN3. The molecule has 3 N–H and O–H groups in total. The number of amidine groups is 1. The first kappa shape index (κ1) is 13.2. The maximum absolute atomic E-state index is 8.27. The van der Waals surface area contributed by atoms with Crippen LogP contribution >= 0.6 is 11.6 Å². The van der Waals surface area contributed by atoms with Gasteiger partial charge in [0.1, 0.15) is 5.84 Å². The van der Waals surface area contributed by atoms with Gasteiger partial charge in [-0.3, -0.25) is 5.41 Å². The van der Waals surface area contributed by atoms with E-state index >= 15 is 0 Å². The smallest absolute Gasteiger partial charge is 0.130 e. The van der Waals surface area contributed by atoms with E-state index in [1.807, 2.05) is 24.3 Å². The van der Waals surface area contributed by atoms with Gasteiger partial charge in [0.25, 0.3) is 0 Å². The van der Waals surface area contributed by atoms with E-state index in [-0.39, 0.29) is 0 Å². The Bertz CT molecular complexity index is 435. The molecule has 3 rings (SSSR count). The summed E-state index contributed by atoms with van der Waals surface area (Å²) in [7, 11) is 0. The Balaban J connectivity index is 0.000000574. The maximum atomic E-state index is 8.27. The van der Waals surface area contributed by atoms with Gasteiger partial charge in [0.05, 0.1) is 0 Å². The molecule has 0 unspecified atom stereocenters. The molecule has 98 valence electrons. The number of nitrogens with two attached hydrogens (primary N) is 1. The lowest BCUT2D eigenvalue weighted by Crippen LogP contribution is -2.65. The number of likely N-dealkylation sites (tertiary alicyclic amines) is 1. The van der Waals surface area contributed by atoms with E-state index in [0.717, 1.165) is 12.1 Å². The number of nitrogen functional groups attached to an aromatic ring is 1. The van der Waals surface area contributed by atoms with E-state index in [1.54, 1.807) is 0 Å². The number of anilines is 1. The van der Waals surface area contributed by atoms with Crippen molar-refractivity contribution in [2.45, 2.75) is 31.2 Å². The Kier molecular flexibility index (Phi) is 3.81. The number of rotatable bonds is 1. The molecule has 2 aliphatic rings. The molecule has 3 nitrogen and oxygen atoms in total. The van der Waals surface area contributed by atoms with E-state index in [0.29, 0.717) is 17.1 Å². The highest BCUT2D eigenvalue weighted by atomic mass is 35.5. The van der Waals surface area contributed by atoms with Crippen LogP contribution in [-0.2, 0) is 0 Å². The summed E-state index contributed by atoms with van der Waals surface area (Å²) in [5, 5.41) is 8.27. The van der Waals surface area contributed by atoms with Gasteiger partial charge in [-0.15, -0.1) is 11.6 Å². The molecule has 2 fully saturated rings. The Morgan fingerprint density at radius 1 is 1.28 bits per heavy atom. The number of para-hydroxylation sites is 1. The summed E-state index contributed by atoms with van der Waals surface area (Å²) in [6, 6.07) is 7.69. The Labute approximate surface area is 113 Å². The van der Waals surface area contributed by atoms with Crippen molar-refractivity contribution >= 4 is 23.1 Å². The first-order valence-electron chi connectivity index (χ1n) is 6.32. The number of hydrogen-bond acceptors (Lipinski definition) is 2. The molecule has 1 aromatic rings. The van der Waals surface area contributed by atoms with E-state index in [2.05, 4.69) is 16.5 Å². The van der Waals surface area contributed by atoms with Crippen molar-refractivity contribution in [1.82, 2.24) is 4.90 Å². The van der Waals surface area contributed by atoms with Crippen molar-refractivity contribution < 1.29 is 0 Å². The molecule has 1 aromatic carbocycles. The largest absolute Gasteiger partial charge is 0.398 e. The van der Waals surface area contributed by atoms with Crippen LogP contribution in [0.25, 0.3) is 0 Å². The van der Waals surface area contributed by atoms with Crippen LogP contribution in [0.4, 0.5) is 5.69 Å². The van der Waals surface area contributed by atoms with Crippen LogP contribution in [0.1, 0.15) is 31.2 Å². The second kappa shape index (κ2) is 5.19. The summed E-state index contributed by atoms with van der Waals surface area (Å²) in [6.45, 7) is 1.02. The van der Waals surface area contributed by atoms with Crippen molar-refractivity contribution in [3.05, 3.63) is 29.8 Å². The molecular weight excluding hydrogens is 246 g/mol. The lowest BCUT2D eigenvalue weighted by atomic mass is 9.67. The molecule has 18 heavy (non-hydrogen) atoms. The molecule has 0 radical (unpaired) electrons. The normalized spacial score (nSPS) is 19.3. The van der Waals surface area contributed by atoms with E-state index in [1.165, 1.54) is 32.1 Å². The minimum atomic E-state index is 0.333. The molecule has 4 heteroatoms. The van der Waals surface area contributed by atoms with Crippen LogP contribution in [0.15, 0.2) is 24.3 Å². The third kappa shape index (κ3) is 1.97. The molecule has 1 aliphatic heterocycles. The first-order valence-corrected chi connectivity index (χ1v) is 7.07. The van der Waals surface area contributed by atoms with Gasteiger partial charge >= 0.3 is 0 Å². The van der Waals surface area contributed by atoms with Gasteiger partial charge < -0.3 is 10.6 Å². The molecule has 1 aliphatic carbocycles. The van der Waals surface area contributed by atoms with Gasteiger partial charge in [0, 0.05) is 29.7 Å². The van der Waals surface area contributed by atoms with Crippen LogP contribution in [-0.4, -0.2) is 29.2 Å². The lowest BCUT2D eigenvalue weighted by Gasteiger charge is -2.59. The number of hydrogen-bond donors (Lipinski definition) is 2. The molecule has 0 atom stereocenters. The summed E-state index contributed by atoms with van der Waals surface area (Å²) in [5.41, 5.74) is 7.85. The average molecular weight is 266 g/mol. The fraction of sp³-hybridized carbons (Fsp3) is 0.500. The molecule has 1 heterocycles. The Hall–Kier alpha value is -1.22. The van der Waals surface area contributed by atoms with Crippen LogP contribution in [0.2, 0.25) is 0 Å². The third-order valence-corrected chi connectivity index (χ3v) is 4.14. The molecule has 1 saturated carbocycles.